The molecule has 0 aliphatic carbocycles. The molecule has 0 saturated heterocycles. The Hall–Kier alpha value is -0.870. The molecule has 0 radical (unpaired) electrons. The van der Waals surface area contributed by atoms with E-state index < -0.39 is 12.1 Å². The van der Waals surface area contributed by atoms with E-state index in [-0.39, 0.29) is 0 Å². The first kappa shape index (κ1) is 11.2. The Bertz CT molecular complexity index is 308. The summed E-state index contributed by atoms with van der Waals surface area (Å²) in [6, 6.07) is 7.56. The maximum atomic E-state index is 10.4. The first-order valence-corrected chi connectivity index (χ1v) is 4.98. The van der Waals surface area contributed by atoms with Gasteiger partial charge in [0, 0.05) is 4.47 Å². The van der Waals surface area contributed by atoms with Gasteiger partial charge in [-0.2, -0.15) is 0 Å². The average molecular weight is 259 g/mol. The molecule has 1 unspecified atom stereocenters. The molecule has 0 aromatic heterocycles. The lowest BCUT2D eigenvalue weighted by molar-refractivity contribution is -0.149. The summed E-state index contributed by atoms with van der Waals surface area (Å²) >= 11 is 3.31. The number of carboxylic acid groups (broad SMARTS) is 1. The fourth-order valence-electron chi connectivity index (χ4n) is 0.873. The Kier molecular flexibility index (Phi) is 4.10. The van der Waals surface area contributed by atoms with E-state index in [1.165, 1.54) is 6.92 Å². The molecule has 3 nitrogen and oxygen atoms in total. The normalized spacial score (nSPS) is 12.4. The van der Waals surface area contributed by atoms with Crippen molar-refractivity contribution in [3.63, 3.8) is 0 Å². The van der Waals surface area contributed by atoms with Crippen molar-refractivity contribution in [2.75, 3.05) is 0 Å². The second-order valence-corrected chi connectivity index (χ2v) is 3.83. The summed E-state index contributed by atoms with van der Waals surface area (Å²) in [5, 5.41) is 8.57. The Balaban J connectivity index is 2.46. The number of halogens is 1. The van der Waals surface area contributed by atoms with Crippen molar-refractivity contribution in [3.05, 3.63) is 34.3 Å². The lowest BCUT2D eigenvalue weighted by Gasteiger charge is -2.07. The largest absolute Gasteiger partial charge is 0.479 e. The minimum atomic E-state index is -0.942. The number of aliphatic carboxylic acids is 1. The molecule has 14 heavy (non-hydrogen) atoms. The van der Waals surface area contributed by atoms with Crippen LogP contribution in [0, 0.1) is 0 Å². The van der Waals surface area contributed by atoms with Gasteiger partial charge in [-0.25, -0.2) is 4.79 Å². The summed E-state index contributed by atoms with van der Waals surface area (Å²) in [4.78, 5) is 10.4. The molecule has 0 spiro atoms. The average Bonchev–Trinajstić information content (AvgIpc) is 2.16. The number of benzene rings is 1. The zero-order chi connectivity index (χ0) is 10.6. The van der Waals surface area contributed by atoms with Crippen molar-refractivity contribution in [2.24, 2.45) is 0 Å². The molecule has 4 heteroatoms. The van der Waals surface area contributed by atoms with E-state index >= 15 is 0 Å². The Morgan fingerprint density at radius 2 is 2.07 bits per heavy atom. The number of carboxylic acids is 1. The zero-order valence-electron chi connectivity index (χ0n) is 7.74. The Morgan fingerprint density at radius 3 is 2.57 bits per heavy atom. The van der Waals surface area contributed by atoms with Gasteiger partial charge in [0.1, 0.15) is 0 Å². The van der Waals surface area contributed by atoms with Gasteiger partial charge in [0.25, 0.3) is 0 Å². The van der Waals surface area contributed by atoms with Crippen LogP contribution in [0.25, 0.3) is 0 Å². The van der Waals surface area contributed by atoms with Crippen LogP contribution in [-0.2, 0) is 16.1 Å². The molecular formula is C10H11BrO3. The van der Waals surface area contributed by atoms with Gasteiger partial charge in [0.05, 0.1) is 6.61 Å². The molecule has 0 bridgehead atoms. The lowest BCUT2D eigenvalue weighted by Crippen LogP contribution is -2.19. The van der Waals surface area contributed by atoms with Crippen LogP contribution in [-0.4, -0.2) is 17.2 Å². The van der Waals surface area contributed by atoms with Crippen LogP contribution in [0.1, 0.15) is 12.5 Å². The third kappa shape index (κ3) is 3.47. The second kappa shape index (κ2) is 5.12. The standard InChI is InChI=1S/C10H11BrO3/c1-7(10(12)13)14-6-8-2-4-9(11)5-3-8/h2-5,7H,6H2,1H3,(H,12,13). The number of ether oxygens (including phenoxy) is 1. The van der Waals surface area contributed by atoms with E-state index in [9.17, 15) is 4.79 Å². The molecule has 1 aromatic carbocycles. The van der Waals surface area contributed by atoms with Gasteiger partial charge < -0.3 is 9.84 Å². The minimum Gasteiger partial charge on any atom is -0.479 e. The van der Waals surface area contributed by atoms with Crippen molar-refractivity contribution in [1.29, 1.82) is 0 Å². The number of carbonyl (C=O) groups is 1. The van der Waals surface area contributed by atoms with Crippen LogP contribution < -0.4 is 0 Å². The first-order valence-electron chi connectivity index (χ1n) is 4.18. The van der Waals surface area contributed by atoms with E-state index in [1.54, 1.807) is 0 Å². The summed E-state index contributed by atoms with van der Waals surface area (Å²) in [6.07, 6.45) is -0.765. The molecule has 1 rings (SSSR count). The highest BCUT2D eigenvalue weighted by atomic mass is 79.9. The molecule has 1 N–H and O–H groups in total. The monoisotopic (exact) mass is 258 g/mol. The highest BCUT2D eigenvalue weighted by Crippen LogP contribution is 2.11. The predicted octanol–water partition coefficient (Wildman–Crippen LogP) is 2.44. The van der Waals surface area contributed by atoms with E-state index in [2.05, 4.69) is 15.9 Å². The number of rotatable bonds is 4. The van der Waals surface area contributed by atoms with Crippen molar-refractivity contribution < 1.29 is 14.6 Å². The summed E-state index contributed by atoms with van der Waals surface area (Å²) in [5.74, 6) is -0.942. The lowest BCUT2D eigenvalue weighted by atomic mass is 10.2. The van der Waals surface area contributed by atoms with Crippen LogP contribution in [0.5, 0.6) is 0 Å². The topological polar surface area (TPSA) is 46.5 Å². The van der Waals surface area contributed by atoms with Crippen LogP contribution >= 0.6 is 15.9 Å². The molecule has 0 saturated carbocycles. The highest BCUT2D eigenvalue weighted by Gasteiger charge is 2.10. The maximum absolute atomic E-state index is 10.4. The van der Waals surface area contributed by atoms with Crippen molar-refractivity contribution >= 4 is 21.9 Å². The first-order chi connectivity index (χ1) is 6.59. The SMILES string of the molecule is CC(OCc1ccc(Br)cc1)C(=O)O. The smallest absolute Gasteiger partial charge is 0.332 e. The van der Waals surface area contributed by atoms with Crippen LogP contribution in [0.3, 0.4) is 0 Å². The van der Waals surface area contributed by atoms with Crippen molar-refractivity contribution in [1.82, 2.24) is 0 Å². The Labute approximate surface area is 90.8 Å². The van der Waals surface area contributed by atoms with Gasteiger partial charge >= 0.3 is 5.97 Å². The van der Waals surface area contributed by atoms with E-state index in [4.69, 9.17) is 9.84 Å². The number of hydrogen-bond acceptors (Lipinski definition) is 2. The Morgan fingerprint density at radius 1 is 1.50 bits per heavy atom. The van der Waals surface area contributed by atoms with Gasteiger partial charge in [0.15, 0.2) is 6.10 Å². The third-order valence-electron chi connectivity index (χ3n) is 1.76. The van der Waals surface area contributed by atoms with Gasteiger partial charge in [-0.3, -0.25) is 0 Å². The molecule has 0 heterocycles. The van der Waals surface area contributed by atoms with E-state index in [0.717, 1.165) is 10.0 Å². The van der Waals surface area contributed by atoms with Crippen LogP contribution in [0.4, 0.5) is 0 Å². The highest BCUT2D eigenvalue weighted by molar-refractivity contribution is 9.10. The van der Waals surface area contributed by atoms with Gasteiger partial charge in [-0.05, 0) is 24.6 Å². The summed E-state index contributed by atoms with van der Waals surface area (Å²) in [6.45, 7) is 1.84. The van der Waals surface area contributed by atoms with Crippen molar-refractivity contribution in [3.8, 4) is 0 Å². The van der Waals surface area contributed by atoms with E-state index in [1.807, 2.05) is 24.3 Å². The molecule has 0 aliphatic heterocycles. The van der Waals surface area contributed by atoms with Gasteiger partial charge in [-0.15, -0.1) is 0 Å². The van der Waals surface area contributed by atoms with E-state index in [0.29, 0.717) is 6.61 Å². The molecular weight excluding hydrogens is 248 g/mol. The molecule has 76 valence electrons. The van der Waals surface area contributed by atoms with Gasteiger partial charge in [-0.1, -0.05) is 28.1 Å². The fourth-order valence-corrected chi connectivity index (χ4v) is 1.14. The van der Waals surface area contributed by atoms with Gasteiger partial charge in [0.2, 0.25) is 0 Å². The molecule has 0 aliphatic rings. The molecule has 0 amide bonds. The molecule has 0 fully saturated rings. The second-order valence-electron chi connectivity index (χ2n) is 2.92. The molecule has 1 atom stereocenters. The summed E-state index contributed by atoms with van der Waals surface area (Å²) < 4.78 is 6.11. The number of hydrogen-bond donors (Lipinski definition) is 1. The zero-order valence-corrected chi connectivity index (χ0v) is 9.32. The third-order valence-corrected chi connectivity index (χ3v) is 2.29. The summed E-state index contributed by atoms with van der Waals surface area (Å²) in [7, 11) is 0. The minimum absolute atomic E-state index is 0.320. The van der Waals surface area contributed by atoms with Crippen LogP contribution in [0.2, 0.25) is 0 Å². The molecule has 1 aromatic rings. The maximum Gasteiger partial charge on any atom is 0.332 e. The predicted molar refractivity (Wildman–Crippen MR) is 56.0 cm³/mol. The van der Waals surface area contributed by atoms with Crippen molar-refractivity contribution in [2.45, 2.75) is 19.6 Å². The quantitative estimate of drug-likeness (QED) is 0.903. The fraction of sp³-hybridized carbons (Fsp3) is 0.300. The van der Waals surface area contributed by atoms with Crippen LogP contribution in [0.15, 0.2) is 28.7 Å². The summed E-state index contributed by atoms with van der Waals surface area (Å²) in [5.41, 5.74) is 0.960.